The van der Waals surface area contributed by atoms with Crippen molar-refractivity contribution in [1.82, 2.24) is 9.88 Å². The van der Waals surface area contributed by atoms with Crippen LogP contribution in [-0.4, -0.2) is 36.3 Å². The molecule has 0 fully saturated rings. The zero-order chi connectivity index (χ0) is 22.5. The van der Waals surface area contributed by atoms with Crippen LogP contribution in [0.15, 0.2) is 78.9 Å². The van der Waals surface area contributed by atoms with Gasteiger partial charge in [-0.1, -0.05) is 48.5 Å². The molecule has 164 valence electrons. The van der Waals surface area contributed by atoms with E-state index < -0.39 is 6.10 Å². The summed E-state index contributed by atoms with van der Waals surface area (Å²) >= 11 is 0. The topological polar surface area (TPSA) is 72.7 Å². The van der Waals surface area contributed by atoms with Crippen molar-refractivity contribution in [2.24, 2.45) is 0 Å². The summed E-state index contributed by atoms with van der Waals surface area (Å²) < 4.78 is 12.6. The SMILES string of the molecule is COc1ccc(OC)c(C(O)CNC(=O)c2cc3ccccc3n2Cc2ccccc2)c1. The summed E-state index contributed by atoms with van der Waals surface area (Å²) in [5, 5.41) is 14.6. The second-order valence-corrected chi connectivity index (χ2v) is 7.49. The molecule has 1 heterocycles. The molecular formula is C26H26N2O4. The Kier molecular flexibility index (Phi) is 6.42. The number of ether oxygens (including phenoxy) is 2. The predicted octanol–water partition coefficient (Wildman–Crippen LogP) is 4.17. The molecule has 0 spiro atoms. The highest BCUT2D eigenvalue weighted by Crippen LogP contribution is 2.29. The zero-order valence-corrected chi connectivity index (χ0v) is 18.1. The van der Waals surface area contributed by atoms with Gasteiger partial charge in [0.2, 0.25) is 0 Å². The number of carbonyl (C=O) groups excluding carboxylic acids is 1. The van der Waals surface area contributed by atoms with Gasteiger partial charge in [-0.25, -0.2) is 0 Å². The Labute approximate surface area is 187 Å². The average Bonchev–Trinajstić information content (AvgIpc) is 3.21. The van der Waals surface area contributed by atoms with E-state index in [0.717, 1.165) is 16.5 Å². The number of fused-ring (bicyclic) bond motifs is 1. The lowest BCUT2D eigenvalue weighted by atomic mass is 10.1. The number of rotatable bonds is 8. The van der Waals surface area contributed by atoms with Gasteiger partial charge in [0.1, 0.15) is 23.3 Å². The molecule has 1 atom stereocenters. The van der Waals surface area contributed by atoms with Crippen molar-refractivity contribution in [2.75, 3.05) is 20.8 Å². The Hall–Kier alpha value is -3.77. The third-order valence-corrected chi connectivity index (χ3v) is 5.48. The van der Waals surface area contributed by atoms with Crippen LogP contribution < -0.4 is 14.8 Å². The average molecular weight is 431 g/mol. The van der Waals surface area contributed by atoms with Gasteiger partial charge in [0.25, 0.3) is 5.91 Å². The molecule has 1 aromatic heterocycles. The lowest BCUT2D eigenvalue weighted by Gasteiger charge is -2.17. The van der Waals surface area contributed by atoms with E-state index in [0.29, 0.717) is 29.3 Å². The number of benzene rings is 3. The first-order chi connectivity index (χ1) is 15.6. The summed E-state index contributed by atoms with van der Waals surface area (Å²) in [6.45, 7) is 0.610. The summed E-state index contributed by atoms with van der Waals surface area (Å²) in [6.07, 6.45) is -0.948. The number of aliphatic hydroxyl groups excluding tert-OH is 1. The molecule has 0 saturated carbocycles. The Balaban J connectivity index is 1.57. The lowest BCUT2D eigenvalue weighted by Crippen LogP contribution is -2.30. The van der Waals surface area contributed by atoms with E-state index in [-0.39, 0.29) is 12.5 Å². The maximum absolute atomic E-state index is 13.1. The zero-order valence-electron chi connectivity index (χ0n) is 18.1. The Bertz CT molecular complexity index is 1220. The van der Waals surface area contributed by atoms with Gasteiger partial charge in [0.15, 0.2) is 0 Å². The Morgan fingerprint density at radius 3 is 2.47 bits per heavy atom. The fourth-order valence-corrected chi connectivity index (χ4v) is 3.82. The molecule has 6 heteroatoms. The van der Waals surface area contributed by atoms with E-state index in [9.17, 15) is 9.90 Å². The lowest BCUT2D eigenvalue weighted by molar-refractivity contribution is 0.0906. The van der Waals surface area contributed by atoms with E-state index in [1.165, 1.54) is 0 Å². The first-order valence-electron chi connectivity index (χ1n) is 10.4. The molecule has 3 aromatic carbocycles. The van der Waals surface area contributed by atoms with Gasteiger partial charge < -0.3 is 24.5 Å². The molecule has 4 aromatic rings. The first kappa shape index (κ1) is 21.5. The van der Waals surface area contributed by atoms with Crippen LogP contribution in [0.5, 0.6) is 11.5 Å². The number of hydrogen-bond acceptors (Lipinski definition) is 4. The fourth-order valence-electron chi connectivity index (χ4n) is 3.82. The van der Waals surface area contributed by atoms with Crippen LogP contribution in [-0.2, 0) is 6.54 Å². The van der Waals surface area contributed by atoms with Gasteiger partial charge >= 0.3 is 0 Å². The molecule has 4 rings (SSSR count). The van der Waals surface area contributed by atoms with Gasteiger partial charge in [-0.05, 0) is 35.9 Å². The maximum Gasteiger partial charge on any atom is 0.268 e. The molecule has 0 bridgehead atoms. The third-order valence-electron chi connectivity index (χ3n) is 5.48. The number of aliphatic hydroxyl groups is 1. The van der Waals surface area contributed by atoms with Crippen molar-refractivity contribution in [3.8, 4) is 11.5 Å². The molecule has 0 aliphatic rings. The summed E-state index contributed by atoms with van der Waals surface area (Å²) in [6, 6.07) is 25.0. The third kappa shape index (κ3) is 4.45. The highest BCUT2D eigenvalue weighted by atomic mass is 16.5. The van der Waals surface area contributed by atoms with Crippen molar-refractivity contribution < 1.29 is 19.4 Å². The Morgan fingerprint density at radius 2 is 1.72 bits per heavy atom. The molecule has 1 amide bonds. The highest BCUT2D eigenvalue weighted by molar-refractivity contribution is 5.98. The molecule has 0 aliphatic carbocycles. The summed E-state index contributed by atoms with van der Waals surface area (Å²) in [7, 11) is 3.10. The van der Waals surface area contributed by atoms with E-state index in [1.807, 2.05) is 65.2 Å². The van der Waals surface area contributed by atoms with Crippen molar-refractivity contribution in [3.05, 3.63) is 95.7 Å². The van der Waals surface area contributed by atoms with E-state index in [1.54, 1.807) is 32.4 Å². The standard InChI is InChI=1S/C26H26N2O4/c1-31-20-12-13-25(32-2)21(15-20)24(29)16-27-26(30)23-14-19-10-6-7-11-22(19)28(23)17-18-8-4-3-5-9-18/h3-15,24,29H,16-17H2,1-2H3,(H,27,30). The molecule has 6 nitrogen and oxygen atoms in total. The maximum atomic E-state index is 13.1. The molecular weight excluding hydrogens is 404 g/mol. The second kappa shape index (κ2) is 9.58. The van der Waals surface area contributed by atoms with Crippen LogP contribution in [0.4, 0.5) is 0 Å². The van der Waals surface area contributed by atoms with Gasteiger partial charge in [-0.15, -0.1) is 0 Å². The van der Waals surface area contributed by atoms with Gasteiger partial charge in [0.05, 0.1) is 14.2 Å². The monoisotopic (exact) mass is 430 g/mol. The number of hydrogen-bond donors (Lipinski definition) is 2. The van der Waals surface area contributed by atoms with Crippen molar-refractivity contribution >= 4 is 16.8 Å². The molecule has 0 saturated heterocycles. The highest BCUT2D eigenvalue weighted by Gasteiger charge is 2.19. The van der Waals surface area contributed by atoms with E-state index in [4.69, 9.17) is 9.47 Å². The van der Waals surface area contributed by atoms with Crippen LogP contribution in [0.25, 0.3) is 10.9 Å². The molecule has 1 unspecified atom stereocenters. The van der Waals surface area contributed by atoms with Crippen LogP contribution >= 0.6 is 0 Å². The first-order valence-corrected chi connectivity index (χ1v) is 10.4. The second-order valence-electron chi connectivity index (χ2n) is 7.49. The minimum atomic E-state index is -0.948. The summed E-state index contributed by atoms with van der Waals surface area (Å²) in [5.74, 6) is 0.887. The number of nitrogens with zero attached hydrogens (tertiary/aromatic N) is 1. The number of carbonyl (C=O) groups is 1. The number of amides is 1. The van der Waals surface area contributed by atoms with Crippen molar-refractivity contribution in [2.45, 2.75) is 12.6 Å². The number of aromatic nitrogens is 1. The summed E-state index contributed by atoms with van der Waals surface area (Å²) in [4.78, 5) is 13.1. The molecule has 32 heavy (non-hydrogen) atoms. The smallest absolute Gasteiger partial charge is 0.268 e. The van der Waals surface area contributed by atoms with Gasteiger partial charge in [-0.3, -0.25) is 4.79 Å². The van der Waals surface area contributed by atoms with Crippen molar-refractivity contribution in [1.29, 1.82) is 0 Å². The Morgan fingerprint density at radius 1 is 0.969 bits per heavy atom. The van der Waals surface area contributed by atoms with Crippen LogP contribution in [0.2, 0.25) is 0 Å². The van der Waals surface area contributed by atoms with E-state index in [2.05, 4.69) is 5.32 Å². The van der Waals surface area contributed by atoms with E-state index >= 15 is 0 Å². The summed E-state index contributed by atoms with van der Waals surface area (Å²) in [5.41, 5.74) is 3.18. The van der Waals surface area contributed by atoms with Crippen molar-refractivity contribution in [3.63, 3.8) is 0 Å². The minimum absolute atomic E-state index is 0.0369. The predicted molar refractivity (Wildman–Crippen MR) is 124 cm³/mol. The fraction of sp³-hybridized carbons (Fsp3) is 0.192. The van der Waals surface area contributed by atoms with Crippen LogP contribution in [0.1, 0.15) is 27.7 Å². The number of methoxy groups -OCH3 is 2. The number of para-hydroxylation sites is 1. The van der Waals surface area contributed by atoms with Crippen LogP contribution in [0.3, 0.4) is 0 Å². The molecule has 2 N–H and O–H groups in total. The quantitative estimate of drug-likeness (QED) is 0.440. The largest absolute Gasteiger partial charge is 0.497 e. The minimum Gasteiger partial charge on any atom is -0.497 e. The molecule has 0 radical (unpaired) electrons. The van der Waals surface area contributed by atoms with Gasteiger partial charge in [0, 0.05) is 29.6 Å². The molecule has 0 aliphatic heterocycles. The van der Waals surface area contributed by atoms with Gasteiger partial charge in [-0.2, -0.15) is 0 Å². The number of nitrogens with one attached hydrogen (secondary N) is 1. The van der Waals surface area contributed by atoms with Crippen LogP contribution in [0, 0.1) is 0 Å². The normalized spacial score (nSPS) is 11.8.